The molecule has 36 heavy (non-hydrogen) atoms. The predicted molar refractivity (Wildman–Crippen MR) is 150 cm³/mol. The van der Waals surface area contributed by atoms with E-state index in [0.717, 1.165) is 61.7 Å². The number of primary amides is 1. The highest BCUT2D eigenvalue weighted by molar-refractivity contribution is 7.78. The Morgan fingerprint density at radius 3 is 2.61 bits per heavy atom. The van der Waals surface area contributed by atoms with E-state index < -0.39 is 6.04 Å². The van der Waals surface area contributed by atoms with Crippen molar-refractivity contribution in [1.29, 1.82) is 0 Å². The Hall–Kier alpha value is -1.01. The molecule has 4 aliphatic carbocycles. The van der Waals surface area contributed by atoms with Crippen LogP contribution in [0.2, 0.25) is 0 Å². The number of unbranched alkanes of at least 4 members (excludes halogenated alkanes) is 1. The smallest absolute Gasteiger partial charge is 0.235 e. The first-order chi connectivity index (χ1) is 17.2. The number of nitrogens with one attached hydrogen (secondary N) is 2. The fourth-order valence-corrected chi connectivity index (χ4v) is 9.50. The van der Waals surface area contributed by atoms with E-state index in [1.807, 2.05) is 0 Å². The number of amides is 2. The van der Waals surface area contributed by atoms with Gasteiger partial charge in [-0.15, -0.1) is 0 Å². The Bertz CT molecular complexity index is 846. The number of hydrogen-bond donors (Lipinski definition) is 4. The van der Waals surface area contributed by atoms with Gasteiger partial charge in [-0.25, -0.2) is 0 Å². The topological polar surface area (TPSA) is 84.2 Å². The molecule has 9 atom stereocenters. The molecule has 4 aliphatic rings. The van der Waals surface area contributed by atoms with Crippen molar-refractivity contribution in [2.24, 2.45) is 52.1 Å². The van der Waals surface area contributed by atoms with E-state index in [9.17, 15) is 9.59 Å². The molecular formula is C30H51N3O2S. The molecule has 0 aromatic carbocycles. The molecule has 3 saturated carbocycles. The average Bonchev–Trinajstić information content (AvgIpc) is 3.22. The molecule has 0 aromatic heterocycles. The van der Waals surface area contributed by atoms with Crippen LogP contribution in [0, 0.1) is 46.3 Å². The van der Waals surface area contributed by atoms with E-state index in [-0.39, 0.29) is 17.7 Å². The minimum absolute atomic E-state index is 0.105. The zero-order valence-electron chi connectivity index (χ0n) is 23.2. The molecule has 2 amide bonds. The lowest BCUT2D eigenvalue weighted by Gasteiger charge is -2.58. The van der Waals surface area contributed by atoms with Crippen LogP contribution in [0.3, 0.4) is 0 Å². The van der Waals surface area contributed by atoms with Crippen LogP contribution in [0.25, 0.3) is 0 Å². The van der Waals surface area contributed by atoms with Gasteiger partial charge in [0.15, 0.2) is 0 Å². The predicted octanol–water partition coefficient (Wildman–Crippen LogP) is 5.80. The van der Waals surface area contributed by atoms with Gasteiger partial charge in [-0.05, 0) is 111 Å². The molecule has 0 bridgehead atoms. The number of hydrogen-bond acceptors (Lipinski definition) is 4. The maximum atomic E-state index is 13.0. The lowest BCUT2D eigenvalue weighted by Crippen LogP contribution is -2.51. The molecule has 0 radical (unpaired) electrons. The van der Waals surface area contributed by atoms with Gasteiger partial charge in [0, 0.05) is 12.5 Å². The van der Waals surface area contributed by atoms with Gasteiger partial charge in [-0.1, -0.05) is 58.6 Å². The van der Waals surface area contributed by atoms with Gasteiger partial charge in [0.2, 0.25) is 11.8 Å². The van der Waals surface area contributed by atoms with Crippen molar-refractivity contribution in [3.8, 4) is 0 Å². The van der Waals surface area contributed by atoms with Crippen molar-refractivity contribution in [3.05, 3.63) is 11.6 Å². The maximum Gasteiger partial charge on any atom is 0.235 e. The van der Waals surface area contributed by atoms with Crippen molar-refractivity contribution in [2.45, 2.75) is 111 Å². The van der Waals surface area contributed by atoms with Crippen molar-refractivity contribution in [3.63, 3.8) is 0 Å². The summed E-state index contributed by atoms with van der Waals surface area (Å²) in [5.41, 5.74) is 7.75. The zero-order chi connectivity index (χ0) is 26.1. The summed E-state index contributed by atoms with van der Waals surface area (Å²) >= 11 is 3.97. The van der Waals surface area contributed by atoms with Crippen molar-refractivity contribution >= 4 is 24.6 Å². The molecule has 0 aliphatic heterocycles. The number of nitrogens with two attached hydrogens (primary N) is 1. The standard InChI is InChI=1S/C30H51N3O2S/c1-5-19(2)23-11-12-24-22-10-9-21-18-20(13-15-29(21,3)25(22)14-16-30(23,24)4)28(35)32-17-7-6-8-26(33-36)27(31)34/h9,19-20,22-26,33,36H,5-8,10-18H2,1-4H3,(H2,31,34)(H,32,35)/t19?,20?,22?,23?,24?,25?,26-,29?,30?/m0/s1. The highest BCUT2D eigenvalue weighted by Crippen LogP contribution is 2.67. The zero-order valence-corrected chi connectivity index (χ0v) is 24.0. The molecular weight excluding hydrogens is 466 g/mol. The molecule has 5 nitrogen and oxygen atoms in total. The van der Waals surface area contributed by atoms with Crippen LogP contribution < -0.4 is 15.8 Å². The second kappa shape index (κ2) is 11.4. The maximum absolute atomic E-state index is 13.0. The normalized spacial score (nSPS) is 39.2. The van der Waals surface area contributed by atoms with Crippen LogP contribution in [0.5, 0.6) is 0 Å². The van der Waals surface area contributed by atoms with Crippen LogP contribution in [-0.2, 0) is 9.59 Å². The number of thiol groups is 1. The van der Waals surface area contributed by atoms with E-state index >= 15 is 0 Å². The third-order valence-corrected chi connectivity index (χ3v) is 11.9. The Labute approximate surface area is 225 Å². The molecule has 204 valence electrons. The van der Waals surface area contributed by atoms with Gasteiger partial charge in [0.25, 0.3) is 0 Å². The molecule has 8 unspecified atom stereocenters. The minimum Gasteiger partial charge on any atom is -0.368 e. The summed E-state index contributed by atoms with van der Waals surface area (Å²) in [6.07, 6.45) is 16.2. The number of carbonyl (C=O) groups is 2. The second-order valence-electron chi connectivity index (χ2n) is 13.2. The fraction of sp³-hybridized carbons (Fsp3) is 0.867. The summed E-state index contributed by atoms with van der Waals surface area (Å²) in [4.78, 5) is 24.3. The molecule has 0 saturated heterocycles. The van der Waals surface area contributed by atoms with E-state index in [1.54, 1.807) is 5.57 Å². The average molecular weight is 518 g/mol. The lowest BCUT2D eigenvalue weighted by atomic mass is 9.46. The Balaban J connectivity index is 1.32. The van der Waals surface area contributed by atoms with Gasteiger partial charge >= 0.3 is 0 Å². The van der Waals surface area contributed by atoms with Gasteiger partial charge in [-0.2, -0.15) is 0 Å². The first-order valence-electron chi connectivity index (χ1n) is 14.8. The fourth-order valence-electron chi connectivity index (χ4n) is 9.24. The van der Waals surface area contributed by atoms with Crippen LogP contribution in [0.15, 0.2) is 11.6 Å². The lowest BCUT2D eigenvalue weighted by molar-refractivity contribution is -0.126. The van der Waals surface area contributed by atoms with Crippen LogP contribution in [0.1, 0.15) is 105 Å². The molecule has 3 fully saturated rings. The largest absolute Gasteiger partial charge is 0.368 e. The summed E-state index contributed by atoms with van der Waals surface area (Å²) in [6.45, 7) is 10.7. The highest BCUT2D eigenvalue weighted by Gasteiger charge is 2.59. The summed E-state index contributed by atoms with van der Waals surface area (Å²) in [5, 5.41) is 3.17. The Morgan fingerprint density at radius 2 is 1.92 bits per heavy atom. The SMILES string of the molecule is CCC(C)C1CCC2C3CC=C4CC(C(=O)NCCCC[C@H](NS)C(N)=O)CCC4(C)C3CCC12C. The van der Waals surface area contributed by atoms with Gasteiger partial charge in [0.05, 0.1) is 6.04 Å². The van der Waals surface area contributed by atoms with Gasteiger partial charge < -0.3 is 11.1 Å². The van der Waals surface area contributed by atoms with Crippen LogP contribution in [0.4, 0.5) is 0 Å². The number of rotatable bonds is 10. The van der Waals surface area contributed by atoms with Crippen molar-refractivity contribution < 1.29 is 9.59 Å². The summed E-state index contributed by atoms with van der Waals surface area (Å²) in [6, 6.07) is -0.412. The van der Waals surface area contributed by atoms with E-state index in [2.05, 4.69) is 56.6 Å². The van der Waals surface area contributed by atoms with Crippen molar-refractivity contribution in [1.82, 2.24) is 10.0 Å². The molecule has 0 aromatic rings. The first-order valence-corrected chi connectivity index (χ1v) is 15.3. The Kier molecular flexibility index (Phi) is 8.86. The highest BCUT2D eigenvalue weighted by atomic mass is 32.1. The summed E-state index contributed by atoms with van der Waals surface area (Å²) in [7, 11) is 0. The Morgan fingerprint density at radius 1 is 1.14 bits per heavy atom. The van der Waals surface area contributed by atoms with Crippen LogP contribution in [-0.4, -0.2) is 24.4 Å². The van der Waals surface area contributed by atoms with Crippen LogP contribution >= 0.6 is 12.8 Å². The third kappa shape index (κ3) is 5.15. The number of carbonyl (C=O) groups excluding carboxylic acids is 2. The van der Waals surface area contributed by atoms with E-state index in [1.165, 1.54) is 38.5 Å². The summed E-state index contributed by atoms with van der Waals surface area (Å²) in [5.74, 6) is 4.21. The number of allylic oxidation sites excluding steroid dienone is 2. The van der Waals surface area contributed by atoms with Gasteiger partial charge in [-0.3, -0.25) is 14.3 Å². The van der Waals surface area contributed by atoms with E-state index in [4.69, 9.17) is 5.73 Å². The summed E-state index contributed by atoms with van der Waals surface area (Å²) < 4.78 is 2.65. The van der Waals surface area contributed by atoms with E-state index in [0.29, 0.717) is 23.8 Å². The van der Waals surface area contributed by atoms with Gasteiger partial charge in [0.1, 0.15) is 0 Å². The van der Waals surface area contributed by atoms with Crippen molar-refractivity contribution in [2.75, 3.05) is 6.54 Å². The number of fused-ring (bicyclic) bond motifs is 5. The molecule has 0 spiro atoms. The molecule has 4 N–H and O–H groups in total. The quantitative estimate of drug-likeness (QED) is 0.168. The minimum atomic E-state index is -0.412. The molecule has 6 heteroatoms. The third-order valence-electron chi connectivity index (χ3n) is 11.6. The monoisotopic (exact) mass is 517 g/mol. The molecule has 0 heterocycles. The first kappa shape index (κ1) is 28.0. The molecule has 4 rings (SSSR count). The second-order valence-corrected chi connectivity index (χ2v) is 13.4.